The van der Waals surface area contributed by atoms with E-state index >= 15 is 0 Å². The van der Waals surface area contributed by atoms with Crippen LogP contribution in [0.5, 0.6) is 0 Å². The Hall–Kier alpha value is -2.44. The summed E-state index contributed by atoms with van der Waals surface area (Å²) in [5.74, 6) is 1.98. The molecule has 22 heavy (non-hydrogen) atoms. The van der Waals surface area contributed by atoms with E-state index in [1.165, 1.54) is 5.71 Å². The standard InChI is InChI=1S/C15H18N6O/c1-20(14-12-2-3-17-13(12)18-8-19-14)11-4-9-6-21(15(16)22)7-10(9)5-11/h2-3,8-10H,4-7H2,1H3,(H2-,16,17,18,19,22)/p+1/t9-,10?/m1/s1. The van der Waals surface area contributed by atoms with Crippen molar-refractivity contribution in [2.75, 3.05) is 20.1 Å². The van der Waals surface area contributed by atoms with Gasteiger partial charge in [-0.25, -0.2) is 9.37 Å². The molecular formula is C15H19N6O+. The lowest BCUT2D eigenvalue weighted by molar-refractivity contribution is -0.410. The van der Waals surface area contributed by atoms with E-state index in [1.807, 2.05) is 12.3 Å². The number of amides is 2. The van der Waals surface area contributed by atoms with Gasteiger partial charge in [-0.15, -0.1) is 0 Å². The number of primary amides is 1. The first-order chi connectivity index (χ1) is 10.6. The Morgan fingerprint density at radius 3 is 2.77 bits per heavy atom. The number of carbonyl (C=O) groups is 1. The number of H-pyrrole nitrogens is 1. The van der Waals surface area contributed by atoms with Crippen LogP contribution >= 0.6 is 0 Å². The van der Waals surface area contributed by atoms with Crippen molar-refractivity contribution >= 4 is 28.6 Å². The van der Waals surface area contributed by atoms with Gasteiger partial charge in [0.05, 0.1) is 12.8 Å². The van der Waals surface area contributed by atoms with Gasteiger partial charge in [0, 0.05) is 32.1 Å². The molecule has 0 spiro atoms. The van der Waals surface area contributed by atoms with Crippen molar-refractivity contribution < 1.29 is 9.37 Å². The maximum absolute atomic E-state index is 11.3. The number of urea groups is 1. The molecule has 2 fully saturated rings. The number of nitrogens with two attached hydrogens (primary N) is 1. The summed E-state index contributed by atoms with van der Waals surface area (Å²) in [5, 5.41) is 1.04. The van der Waals surface area contributed by atoms with Gasteiger partial charge >= 0.3 is 11.8 Å². The number of nitrogens with one attached hydrogen (secondary N) is 1. The molecule has 2 aromatic rings. The van der Waals surface area contributed by atoms with E-state index in [1.54, 1.807) is 11.2 Å². The van der Waals surface area contributed by atoms with Crippen molar-refractivity contribution in [3.05, 3.63) is 18.6 Å². The fourth-order valence-electron chi connectivity index (χ4n) is 3.82. The van der Waals surface area contributed by atoms with Gasteiger partial charge in [-0.3, -0.25) is 0 Å². The number of fused-ring (bicyclic) bond motifs is 2. The first-order valence-electron chi connectivity index (χ1n) is 7.54. The highest BCUT2D eigenvalue weighted by Gasteiger charge is 2.42. The number of aromatic amines is 1. The van der Waals surface area contributed by atoms with Crippen LogP contribution in [-0.4, -0.2) is 56.3 Å². The number of likely N-dealkylation sites (tertiary alicyclic amines) is 1. The SMILES string of the molecule is C[N+](=C1CC2CN(C(N)=O)C[C@H]2C1)c1ncnc2[nH]ccc12. The first kappa shape index (κ1) is 13.2. The minimum Gasteiger partial charge on any atom is -0.351 e. The average Bonchev–Trinajstić information content (AvgIpc) is 3.18. The maximum atomic E-state index is 11.3. The van der Waals surface area contributed by atoms with Crippen LogP contribution in [0.3, 0.4) is 0 Å². The second-order valence-electron chi connectivity index (χ2n) is 6.23. The molecule has 2 aliphatic rings. The van der Waals surface area contributed by atoms with Gasteiger partial charge in [0.1, 0.15) is 11.0 Å². The van der Waals surface area contributed by atoms with Crippen LogP contribution in [0.4, 0.5) is 10.6 Å². The van der Waals surface area contributed by atoms with E-state index in [4.69, 9.17) is 5.73 Å². The van der Waals surface area contributed by atoms with Gasteiger partial charge < -0.3 is 15.6 Å². The Morgan fingerprint density at radius 2 is 2.09 bits per heavy atom. The highest BCUT2D eigenvalue weighted by molar-refractivity contribution is 5.88. The average molecular weight is 299 g/mol. The zero-order valence-electron chi connectivity index (χ0n) is 12.5. The molecule has 4 rings (SSSR count). The van der Waals surface area contributed by atoms with Gasteiger partial charge in [-0.2, -0.15) is 4.98 Å². The molecule has 3 N–H and O–H groups in total. The van der Waals surface area contributed by atoms with E-state index in [9.17, 15) is 4.79 Å². The zero-order chi connectivity index (χ0) is 15.3. The number of rotatable bonds is 1. The molecule has 2 aromatic heterocycles. The summed E-state index contributed by atoms with van der Waals surface area (Å²) in [6.07, 6.45) is 5.48. The van der Waals surface area contributed by atoms with E-state index in [2.05, 4.69) is 26.6 Å². The summed E-state index contributed by atoms with van der Waals surface area (Å²) < 4.78 is 2.19. The third-order valence-electron chi connectivity index (χ3n) is 5.01. The van der Waals surface area contributed by atoms with Crippen molar-refractivity contribution in [1.29, 1.82) is 0 Å². The van der Waals surface area contributed by atoms with Crippen molar-refractivity contribution in [1.82, 2.24) is 19.9 Å². The Bertz CT molecular complexity index is 763. The Morgan fingerprint density at radius 1 is 1.36 bits per heavy atom. The summed E-state index contributed by atoms with van der Waals surface area (Å²) in [4.78, 5) is 24.9. The van der Waals surface area contributed by atoms with E-state index in [0.717, 1.165) is 42.8 Å². The van der Waals surface area contributed by atoms with Crippen molar-refractivity contribution in [3.63, 3.8) is 0 Å². The summed E-state index contributed by atoms with van der Waals surface area (Å²) in [6.45, 7) is 1.56. The second kappa shape index (κ2) is 4.79. The van der Waals surface area contributed by atoms with Crippen LogP contribution in [0.25, 0.3) is 11.0 Å². The topological polar surface area (TPSA) is 90.9 Å². The first-order valence-corrected chi connectivity index (χ1v) is 7.54. The van der Waals surface area contributed by atoms with Crippen LogP contribution in [0.15, 0.2) is 18.6 Å². The molecule has 114 valence electrons. The molecule has 3 heterocycles. The predicted octanol–water partition coefficient (Wildman–Crippen LogP) is 1.09. The fourth-order valence-corrected chi connectivity index (χ4v) is 3.82. The molecule has 7 heteroatoms. The smallest absolute Gasteiger partial charge is 0.335 e. The lowest BCUT2D eigenvalue weighted by atomic mass is 10.0. The van der Waals surface area contributed by atoms with Crippen molar-refractivity contribution in [2.45, 2.75) is 12.8 Å². The Balaban J connectivity index is 1.64. The third kappa shape index (κ3) is 1.96. The molecule has 0 radical (unpaired) electrons. The van der Waals surface area contributed by atoms with Gasteiger partial charge in [0.2, 0.25) is 6.33 Å². The number of hydrogen-bond acceptors (Lipinski definition) is 3. The molecule has 2 amide bonds. The maximum Gasteiger partial charge on any atom is 0.335 e. The highest BCUT2D eigenvalue weighted by Crippen LogP contribution is 2.37. The highest BCUT2D eigenvalue weighted by atomic mass is 16.2. The molecule has 7 nitrogen and oxygen atoms in total. The van der Waals surface area contributed by atoms with Crippen LogP contribution in [-0.2, 0) is 0 Å². The summed E-state index contributed by atoms with van der Waals surface area (Å²) >= 11 is 0. The number of nitrogens with zero attached hydrogens (tertiary/aromatic N) is 4. The van der Waals surface area contributed by atoms with Gasteiger partial charge in [-0.1, -0.05) is 0 Å². The van der Waals surface area contributed by atoms with Gasteiger partial charge in [0.15, 0.2) is 0 Å². The number of aromatic nitrogens is 3. The van der Waals surface area contributed by atoms with Gasteiger partial charge in [-0.05, 0) is 22.9 Å². The molecule has 0 bridgehead atoms. The van der Waals surface area contributed by atoms with Crippen LogP contribution in [0.1, 0.15) is 12.8 Å². The van der Waals surface area contributed by atoms with Crippen LogP contribution < -0.4 is 5.73 Å². The fraction of sp³-hybridized carbons (Fsp3) is 0.467. The lowest BCUT2D eigenvalue weighted by Crippen LogP contribution is -2.34. The van der Waals surface area contributed by atoms with E-state index in [0.29, 0.717) is 11.8 Å². The van der Waals surface area contributed by atoms with Crippen LogP contribution in [0.2, 0.25) is 0 Å². The van der Waals surface area contributed by atoms with Gasteiger partial charge in [0.25, 0.3) is 0 Å². The molecule has 1 aliphatic heterocycles. The minimum absolute atomic E-state index is 0.297. The number of hydrogen-bond donors (Lipinski definition) is 2. The largest absolute Gasteiger partial charge is 0.351 e. The zero-order valence-corrected chi connectivity index (χ0v) is 12.5. The second-order valence-corrected chi connectivity index (χ2v) is 6.23. The van der Waals surface area contributed by atoms with E-state index in [-0.39, 0.29) is 6.03 Å². The molecule has 1 saturated heterocycles. The molecule has 0 aromatic carbocycles. The Labute approximate surface area is 127 Å². The molecule has 2 atom stereocenters. The number of carbonyl (C=O) groups excluding carboxylic acids is 1. The minimum atomic E-state index is -0.297. The monoisotopic (exact) mass is 299 g/mol. The van der Waals surface area contributed by atoms with E-state index < -0.39 is 0 Å². The van der Waals surface area contributed by atoms with Crippen molar-refractivity contribution in [3.8, 4) is 0 Å². The summed E-state index contributed by atoms with van der Waals surface area (Å²) in [5.41, 5.74) is 7.62. The third-order valence-corrected chi connectivity index (χ3v) is 5.01. The van der Waals surface area contributed by atoms with Crippen molar-refractivity contribution in [2.24, 2.45) is 17.6 Å². The van der Waals surface area contributed by atoms with Crippen LogP contribution in [0, 0.1) is 11.8 Å². The Kier molecular flexibility index (Phi) is 2.88. The molecule has 1 unspecified atom stereocenters. The summed E-state index contributed by atoms with van der Waals surface area (Å²) in [6, 6.07) is 1.71. The lowest BCUT2D eigenvalue weighted by Gasteiger charge is -2.14. The summed E-state index contributed by atoms with van der Waals surface area (Å²) in [7, 11) is 2.07. The molecule has 1 saturated carbocycles. The quantitative estimate of drug-likeness (QED) is 0.772. The predicted molar refractivity (Wildman–Crippen MR) is 82.1 cm³/mol. The molecular weight excluding hydrogens is 280 g/mol. The molecule has 1 aliphatic carbocycles. The normalized spacial score (nSPS) is 26.5.